The molecule has 1 aliphatic heterocycles. The first kappa shape index (κ1) is 21.1. The summed E-state index contributed by atoms with van der Waals surface area (Å²) < 4.78 is 10.9. The van der Waals surface area contributed by atoms with E-state index in [9.17, 15) is 9.59 Å². The van der Waals surface area contributed by atoms with Gasteiger partial charge in [0.15, 0.2) is 0 Å². The van der Waals surface area contributed by atoms with Crippen LogP contribution >= 0.6 is 0 Å². The van der Waals surface area contributed by atoms with E-state index in [1.807, 2.05) is 67.6 Å². The molecule has 154 valence electrons. The predicted octanol–water partition coefficient (Wildman–Crippen LogP) is 4.60. The first-order valence-electron chi connectivity index (χ1n) is 10.3. The Morgan fingerprint density at radius 1 is 1.07 bits per heavy atom. The molecule has 2 aromatic carbocycles. The van der Waals surface area contributed by atoms with Gasteiger partial charge in [-0.3, -0.25) is 4.79 Å². The number of imide groups is 1. The normalized spacial score (nSPS) is 17.2. The minimum atomic E-state index is -0.519. The van der Waals surface area contributed by atoms with Crippen LogP contribution in [-0.4, -0.2) is 36.2 Å². The first-order chi connectivity index (χ1) is 14.1. The molecule has 0 spiro atoms. The smallest absolute Gasteiger partial charge is 0.416 e. The summed E-state index contributed by atoms with van der Waals surface area (Å²) in [7, 11) is 0. The van der Waals surface area contributed by atoms with Gasteiger partial charge < -0.3 is 9.47 Å². The van der Waals surface area contributed by atoms with Gasteiger partial charge in [0.1, 0.15) is 6.61 Å². The second kappa shape index (κ2) is 10.8. The van der Waals surface area contributed by atoms with E-state index in [-0.39, 0.29) is 24.5 Å². The Morgan fingerprint density at radius 3 is 2.41 bits per heavy atom. The fourth-order valence-corrected chi connectivity index (χ4v) is 3.55. The van der Waals surface area contributed by atoms with Crippen LogP contribution in [0, 0.1) is 5.92 Å². The van der Waals surface area contributed by atoms with Crippen LogP contribution in [0.25, 0.3) is 0 Å². The molecule has 0 aliphatic carbocycles. The van der Waals surface area contributed by atoms with Crippen LogP contribution in [0.3, 0.4) is 0 Å². The molecule has 3 rings (SSSR count). The lowest BCUT2D eigenvalue weighted by Gasteiger charge is -2.23. The van der Waals surface area contributed by atoms with E-state index < -0.39 is 6.09 Å². The van der Waals surface area contributed by atoms with Crippen LogP contribution in [0.15, 0.2) is 60.7 Å². The van der Waals surface area contributed by atoms with Crippen molar-refractivity contribution in [2.24, 2.45) is 5.92 Å². The summed E-state index contributed by atoms with van der Waals surface area (Å²) in [6, 6.07) is 19.7. The van der Waals surface area contributed by atoms with Crippen molar-refractivity contribution in [3.63, 3.8) is 0 Å². The summed E-state index contributed by atoms with van der Waals surface area (Å²) in [5.41, 5.74) is 2.25. The van der Waals surface area contributed by atoms with Crippen LogP contribution < -0.4 is 0 Å². The molecule has 1 aliphatic rings. The van der Waals surface area contributed by atoms with Crippen molar-refractivity contribution in [2.75, 3.05) is 13.2 Å². The number of ether oxygens (including phenoxy) is 2. The van der Waals surface area contributed by atoms with E-state index in [2.05, 4.69) is 0 Å². The molecule has 5 nitrogen and oxygen atoms in total. The maximum Gasteiger partial charge on any atom is 0.416 e. The zero-order chi connectivity index (χ0) is 20.5. The molecule has 29 heavy (non-hydrogen) atoms. The Kier molecular flexibility index (Phi) is 7.82. The molecule has 0 saturated carbocycles. The van der Waals surface area contributed by atoms with Gasteiger partial charge in [0.2, 0.25) is 5.91 Å². The van der Waals surface area contributed by atoms with E-state index in [0.29, 0.717) is 19.6 Å². The number of hydrogen-bond donors (Lipinski definition) is 0. The van der Waals surface area contributed by atoms with Crippen molar-refractivity contribution in [1.29, 1.82) is 0 Å². The van der Waals surface area contributed by atoms with Crippen LogP contribution in [0.2, 0.25) is 0 Å². The average Bonchev–Trinajstić information content (AvgIpc) is 3.11. The molecule has 0 unspecified atom stereocenters. The van der Waals surface area contributed by atoms with E-state index >= 15 is 0 Å². The average molecular weight is 395 g/mol. The lowest BCUT2D eigenvalue weighted by Crippen LogP contribution is -2.43. The number of carbonyl (C=O) groups excluding carboxylic acids is 2. The van der Waals surface area contributed by atoms with E-state index in [1.165, 1.54) is 4.90 Å². The van der Waals surface area contributed by atoms with Crippen molar-refractivity contribution in [3.8, 4) is 0 Å². The molecular weight excluding hydrogens is 366 g/mol. The molecule has 0 aromatic heterocycles. The Bertz CT molecular complexity index is 778. The van der Waals surface area contributed by atoms with Gasteiger partial charge in [-0.25, -0.2) is 9.69 Å². The largest absolute Gasteiger partial charge is 0.447 e. The van der Waals surface area contributed by atoms with E-state index in [4.69, 9.17) is 9.47 Å². The van der Waals surface area contributed by atoms with E-state index in [1.54, 1.807) is 0 Å². The molecule has 2 amide bonds. The van der Waals surface area contributed by atoms with Gasteiger partial charge in [-0.2, -0.15) is 0 Å². The van der Waals surface area contributed by atoms with Gasteiger partial charge in [-0.05, 0) is 30.4 Å². The summed E-state index contributed by atoms with van der Waals surface area (Å²) in [6.07, 6.45) is 2.61. The third-order valence-electron chi connectivity index (χ3n) is 5.22. The molecular formula is C24H29NO4. The monoisotopic (exact) mass is 395 g/mol. The number of hydrogen-bond acceptors (Lipinski definition) is 4. The SMILES string of the molecule is C[C@@H](CCCCOCc1ccccc1)C(=O)N1C(=O)OC[C@@H]1Cc1ccccc1. The minimum Gasteiger partial charge on any atom is -0.447 e. The third kappa shape index (κ3) is 6.16. The number of rotatable bonds is 10. The van der Waals surface area contributed by atoms with Crippen LogP contribution in [0.1, 0.15) is 37.3 Å². The van der Waals surface area contributed by atoms with Crippen molar-refractivity contribution in [1.82, 2.24) is 4.90 Å². The highest BCUT2D eigenvalue weighted by atomic mass is 16.6. The molecule has 0 bridgehead atoms. The van der Waals surface area contributed by atoms with Gasteiger partial charge >= 0.3 is 6.09 Å². The maximum absolute atomic E-state index is 12.9. The van der Waals surface area contributed by atoms with E-state index in [0.717, 1.165) is 30.4 Å². The van der Waals surface area contributed by atoms with Gasteiger partial charge in [-0.15, -0.1) is 0 Å². The number of cyclic esters (lactones) is 1. The molecule has 5 heteroatoms. The van der Waals surface area contributed by atoms with Crippen LogP contribution in [-0.2, 0) is 27.3 Å². The first-order valence-corrected chi connectivity index (χ1v) is 10.3. The fourth-order valence-electron chi connectivity index (χ4n) is 3.55. The maximum atomic E-state index is 12.9. The molecule has 1 heterocycles. The Hall–Kier alpha value is -2.66. The minimum absolute atomic E-state index is 0.140. The van der Waals surface area contributed by atoms with Gasteiger partial charge in [-0.1, -0.05) is 74.0 Å². The Balaban J connectivity index is 1.40. The zero-order valence-electron chi connectivity index (χ0n) is 17.0. The van der Waals surface area contributed by atoms with Crippen molar-refractivity contribution < 1.29 is 19.1 Å². The molecule has 0 radical (unpaired) electrons. The van der Waals surface area contributed by atoms with Gasteiger partial charge in [0.25, 0.3) is 0 Å². The lowest BCUT2D eigenvalue weighted by atomic mass is 10.0. The highest BCUT2D eigenvalue weighted by Gasteiger charge is 2.39. The van der Waals surface area contributed by atoms with Crippen LogP contribution in [0.5, 0.6) is 0 Å². The summed E-state index contributed by atoms with van der Waals surface area (Å²) >= 11 is 0. The zero-order valence-corrected chi connectivity index (χ0v) is 17.0. The quantitative estimate of drug-likeness (QED) is 0.552. The van der Waals surface area contributed by atoms with Crippen LogP contribution in [0.4, 0.5) is 4.79 Å². The van der Waals surface area contributed by atoms with Crippen molar-refractivity contribution in [3.05, 3.63) is 71.8 Å². The summed E-state index contributed by atoms with van der Waals surface area (Å²) in [6.45, 7) is 3.42. The Morgan fingerprint density at radius 2 is 1.72 bits per heavy atom. The summed E-state index contributed by atoms with van der Waals surface area (Å²) in [5.74, 6) is -0.355. The van der Waals surface area contributed by atoms with Gasteiger partial charge in [0, 0.05) is 12.5 Å². The Labute approximate surface area is 172 Å². The fraction of sp³-hybridized carbons (Fsp3) is 0.417. The highest BCUT2D eigenvalue weighted by molar-refractivity contribution is 5.94. The highest BCUT2D eigenvalue weighted by Crippen LogP contribution is 2.22. The number of benzene rings is 2. The predicted molar refractivity (Wildman–Crippen MR) is 111 cm³/mol. The third-order valence-corrected chi connectivity index (χ3v) is 5.22. The molecule has 1 saturated heterocycles. The van der Waals surface area contributed by atoms with Crippen molar-refractivity contribution in [2.45, 2.75) is 45.3 Å². The topological polar surface area (TPSA) is 55.8 Å². The summed E-state index contributed by atoms with van der Waals surface area (Å²) in [4.78, 5) is 26.3. The standard InChI is InChI=1S/C24H29NO4/c1-19(10-8-9-15-28-17-21-13-6-3-7-14-21)23(26)25-22(18-29-24(25)27)16-20-11-4-2-5-12-20/h2-7,11-14,19,22H,8-10,15-18H2,1H3/t19-,22-/m0/s1. The number of nitrogens with zero attached hydrogens (tertiary/aromatic N) is 1. The molecule has 1 fully saturated rings. The second-order valence-electron chi connectivity index (χ2n) is 7.56. The molecule has 0 N–H and O–H groups in total. The lowest BCUT2D eigenvalue weighted by molar-refractivity contribution is -0.133. The van der Waals surface area contributed by atoms with Crippen molar-refractivity contribution >= 4 is 12.0 Å². The molecule has 2 aromatic rings. The summed E-state index contributed by atoms with van der Waals surface area (Å²) in [5, 5.41) is 0. The van der Waals surface area contributed by atoms with Gasteiger partial charge in [0.05, 0.1) is 12.6 Å². The number of carbonyl (C=O) groups is 2. The second-order valence-corrected chi connectivity index (χ2v) is 7.56. The number of unbranched alkanes of at least 4 members (excludes halogenated alkanes) is 1. The number of amides is 2. The molecule has 2 atom stereocenters.